The van der Waals surface area contributed by atoms with Gasteiger partial charge in [0.25, 0.3) is 0 Å². The maximum atomic E-state index is 5.61. The van der Waals surface area contributed by atoms with Crippen LogP contribution in [-0.4, -0.2) is 41.0 Å². The van der Waals surface area contributed by atoms with Crippen molar-refractivity contribution in [3.63, 3.8) is 0 Å². The Bertz CT molecular complexity index is 1070. The minimum Gasteiger partial charge on any atom is -0.468 e. The number of hydrogen-bond donors (Lipinski definition) is 0. The van der Waals surface area contributed by atoms with Gasteiger partial charge >= 0.3 is 0 Å². The fourth-order valence-corrected chi connectivity index (χ4v) is 5.37. The molecule has 6 rings (SSSR count). The summed E-state index contributed by atoms with van der Waals surface area (Å²) in [6, 6.07) is 12.8. The standard InChI is InChI=1S/C26H31N5O/c1-4-12-30(13-5-1)25-23-19-29(18-22-9-6-16-32-22)14-11-24(23)27-26(28-25)31-15-10-20-7-2-3-8-21(20)17-31/h2-3,6-9,16H,1,4-5,10-15,17-19H2. The maximum absolute atomic E-state index is 5.61. The summed E-state index contributed by atoms with van der Waals surface area (Å²) in [4.78, 5) is 17.7. The second-order valence-corrected chi connectivity index (χ2v) is 9.30. The molecule has 1 aromatic carbocycles. The van der Waals surface area contributed by atoms with E-state index in [4.69, 9.17) is 14.4 Å². The van der Waals surface area contributed by atoms with Crippen LogP contribution >= 0.6 is 0 Å². The van der Waals surface area contributed by atoms with Gasteiger partial charge in [0.05, 0.1) is 18.5 Å². The SMILES string of the molecule is c1coc(CN2CCc3nc(N4CCc5ccccc5C4)nc(N4CCCCC4)c3C2)c1. The van der Waals surface area contributed by atoms with E-state index in [1.54, 1.807) is 6.26 Å². The lowest BCUT2D eigenvalue weighted by Crippen LogP contribution is -2.38. The van der Waals surface area contributed by atoms with Crippen molar-refractivity contribution in [3.8, 4) is 0 Å². The number of rotatable bonds is 4. The number of hydrogen-bond acceptors (Lipinski definition) is 6. The van der Waals surface area contributed by atoms with Gasteiger partial charge in [-0.2, -0.15) is 4.98 Å². The lowest BCUT2D eigenvalue weighted by molar-refractivity contribution is 0.223. The van der Waals surface area contributed by atoms with E-state index in [0.29, 0.717) is 0 Å². The van der Waals surface area contributed by atoms with E-state index >= 15 is 0 Å². The summed E-state index contributed by atoms with van der Waals surface area (Å²) in [5, 5.41) is 0. The molecule has 32 heavy (non-hydrogen) atoms. The van der Waals surface area contributed by atoms with E-state index in [1.165, 1.54) is 47.5 Å². The van der Waals surface area contributed by atoms with E-state index in [9.17, 15) is 0 Å². The van der Waals surface area contributed by atoms with Crippen LogP contribution < -0.4 is 9.80 Å². The monoisotopic (exact) mass is 429 g/mol. The molecule has 0 atom stereocenters. The molecule has 166 valence electrons. The zero-order chi connectivity index (χ0) is 21.3. The number of fused-ring (bicyclic) bond motifs is 2. The van der Waals surface area contributed by atoms with Crippen molar-refractivity contribution < 1.29 is 4.42 Å². The summed E-state index contributed by atoms with van der Waals surface area (Å²) in [5.74, 6) is 3.11. The first-order valence-corrected chi connectivity index (χ1v) is 12.0. The van der Waals surface area contributed by atoms with Crippen LogP contribution in [0, 0.1) is 0 Å². The molecule has 3 aromatic rings. The lowest BCUT2D eigenvalue weighted by atomic mass is 10.00. The molecule has 1 fully saturated rings. The van der Waals surface area contributed by atoms with Crippen molar-refractivity contribution in [1.82, 2.24) is 14.9 Å². The third-order valence-corrected chi connectivity index (χ3v) is 7.13. The van der Waals surface area contributed by atoms with Gasteiger partial charge in [0, 0.05) is 51.3 Å². The smallest absolute Gasteiger partial charge is 0.227 e. The van der Waals surface area contributed by atoms with Gasteiger partial charge in [0.1, 0.15) is 11.6 Å². The second-order valence-electron chi connectivity index (χ2n) is 9.30. The highest BCUT2D eigenvalue weighted by molar-refractivity contribution is 5.55. The number of benzene rings is 1. The zero-order valence-corrected chi connectivity index (χ0v) is 18.7. The summed E-state index contributed by atoms with van der Waals surface area (Å²) in [6.45, 7) is 6.83. The number of aromatic nitrogens is 2. The average molecular weight is 430 g/mol. The van der Waals surface area contributed by atoms with Crippen molar-refractivity contribution in [2.24, 2.45) is 0 Å². The summed E-state index contributed by atoms with van der Waals surface area (Å²) >= 11 is 0. The van der Waals surface area contributed by atoms with Crippen molar-refractivity contribution in [2.75, 3.05) is 36.0 Å². The summed E-state index contributed by atoms with van der Waals surface area (Å²) in [7, 11) is 0. The van der Waals surface area contributed by atoms with Gasteiger partial charge < -0.3 is 14.2 Å². The third-order valence-electron chi connectivity index (χ3n) is 7.13. The molecule has 0 spiro atoms. The van der Waals surface area contributed by atoms with Crippen LogP contribution in [0.15, 0.2) is 47.1 Å². The largest absolute Gasteiger partial charge is 0.468 e. The fourth-order valence-electron chi connectivity index (χ4n) is 5.37. The molecule has 6 heteroatoms. The third kappa shape index (κ3) is 3.88. The first-order valence-electron chi connectivity index (χ1n) is 12.0. The molecule has 6 nitrogen and oxygen atoms in total. The van der Waals surface area contributed by atoms with Crippen LogP contribution in [0.2, 0.25) is 0 Å². The minimum absolute atomic E-state index is 0.844. The number of anilines is 2. The minimum atomic E-state index is 0.844. The van der Waals surface area contributed by atoms with Gasteiger partial charge in [0.15, 0.2) is 0 Å². The van der Waals surface area contributed by atoms with Gasteiger partial charge in [-0.1, -0.05) is 24.3 Å². The Hall–Kier alpha value is -2.86. The van der Waals surface area contributed by atoms with Crippen molar-refractivity contribution >= 4 is 11.8 Å². The highest BCUT2D eigenvalue weighted by Crippen LogP contribution is 2.32. The second kappa shape index (κ2) is 8.58. The Labute approximate surface area is 189 Å². The molecule has 0 unspecified atom stereocenters. The molecule has 3 aliphatic rings. The molecule has 1 saturated heterocycles. The molecule has 2 aromatic heterocycles. The molecule has 0 radical (unpaired) electrons. The zero-order valence-electron chi connectivity index (χ0n) is 18.7. The van der Waals surface area contributed by atoms with E-state index in [2.05, 4.69) is 45.0 Å². The van der Waals surface area contributed by atoms with Crippen LogP contribution in [0.25, 0.3) is 0 Å². The Kier molecular flexibility index (Phi) is 5.31. The van der Waals surface area contributed by atoms with Gasteiger partial charge in [-0.15, -0.1) is 0 Å². The van der Waals surface area contributed by atoms with Crippen LogP contribution in [0.5, 0.6) is 0 Å². The number of piperidine rings is 1. The molecular weight excluding hydrogens is 398 g/mol. The maximum Gasteiger partial charge on any atom is 0.227 e. The normalized spacial score (nSPS) is 19.0. The Morgan fingerprint density at radius 2 is 1.66 bits per heavy atom. The lowest BCUT2D eigenvalue weighted by Gasteiger charge is -2.36. The Balaban J connectivity index is 1.32. The molecule has 0 N–H and O–H groups in total. The van der Waals surface area contributed by atoms with Crippen molar-refractivity contribution in [2.45, 2.75) is 51.7 Å². The van der Waals surface area contributed by atoms with Crippen LogP contribution in [0.4, 0.5) is 11.8 Å². The summed E-state index contributed by atoms with van der Waals surface area (Å²) in [5.41, 5.74) is 5.44. The van der Waals surface area contributed by atoms with Crippen LogP contribution in [-0.2, 0) is 32.5 Å². The van der Waals surface area contributed by atoms with E-state index in [-0.39, 0.29) is 0 Å². The van der Waals surface area contributed by atoms with Gasteiger partial charge in [0.2, 0.25) is 5.95 Å². The first-order chi connectivity index (χ1) is 15.8. The van der Waals surface area contributed by atoms with Crippen LogP contribution in [0.1, 0.15) is 47.4 Å². The van der Waals surface area contributed by atoms with Gasteiger partial charge in [-0.05, 0) is 48.9 Å². The van der Waals surface area contributed by atoms with E-state index in [0.717, 1.165) is 70.4 Å². The van der Waals surface area contributed by atoms with Crippen LogP contribution in [0.3, 0.4) is 0 Å². The average Bonchev–Trinajstić information content (AvgIpc) is 3.37. The molecular formula is C26H31N5O. The highest BCUT2D eigenvalue weighted by atomic mass is 16.3. The summed E-state index contributed by atoms with van der Waals surface area (Å²) < 4.78 is 5.61. The van der Waals surface area contributed by atoms with E-state index < -0.39 is 0 Å². The fraction of sp³-hybridized carbons (Fsp3) is 0.462. The van der Waals surface area contributed by atoms with Gasteiger partial charge in [-0.25, -0.2) is 4.98 Å². The number of nitrogens with zero attached hydrogens (tertiary/aromatic N) is 5. The van der Waals surface area contributed by atoms with E-state index in [1.807, 2.05) is 6.07 Å². The topological polar surface area (TPSA) is 48.6 Å². The predicted molar refractivity (Wildman–Crippen MR) is 126 cm³/mol. The van der Waals surface area contributed by atoms with Gasteiger partial charge in [-0.3, -0.25) is 4.90 Å². The van der Waals surface area contributed by atoms with Crippen molar-refractivity contribution in [3.05, 3.63) is 70.8 Å². The Morgan fingerprint density at radius 1 is 0.781 bits per heavy atom. The molecule has 3 aliphatic heterocycles. The number of furan rings is 1. The Morgan fingerprint density at radius 3 is 2.50 bits per heavy atom. The molecule has 5 heterocycles. The van der Waals surface area contributed by atoms with Crippen molar-refractivity contribution in [1.29, 1.82) is 0 Å². The highest BCUT2D eigenvalue weighted by Gasteiger charge is 2.28. The molecule has 0 bridgehead atoms. The first kappa shape index (κ1) is 19.8. The quantitative estimate of drug-likeness (QED) is 0.620. The molecule has 0 saturated carbocycles. The summed E-state index contributed by atoms with van der Waals surface area (Å²) in [6.07, 6.45) is 7.62. The molecule has 0 amide bonds. The molecule has 0 aliphatic carbocycles. The predicted octanol–water partition coefficient (Wildman–Crippen LogP) is 4.18.